The van der Waals surface area contributed by atoms with E-state index in [2.05, 4.69) is 18.8 Å². The first-order valence-corrected chi connectivity index (χ1v) is 5.61. The average molecular weight is 224 g/mol. The molecule has 1 N–H and O–H groups in total. The van der Waals surface area contributed by atoms with Gasteiger partial charge in [0, 0.05) is 24.1 Å². The van der Waals surface area contributed by atoms with E-state index in [1.165, 1.54) is 0 Å². The van der Waals surface area contributed by atoms with Gasteiger partial charge in [-0.1, -0.05) is 13.8 Å². The number of hydrogen-bond donors (Lipinski definition) is 1. The number of alkyl halides is 1. The van der Waals surface area contributed by atoms with Crippen LogP contribution in [-0.2, 0) is 0 Å². The molecule has 0 aliphatic carbocycles. The van der Waals surface area contributed by atoms with Gasteiger partial charge in [-0.3, -0.25) is 4.98 Å². The van der Waals surface area contributed by atoms with E-state index in [-0.39, 0.29) is 6.54 Å². The number of hydrogen-bond acceptors (Lipinski definition) is 3. The van der Waals surface area contributed by atoms with Crippen molar-refractivity contribution in [3.63, 3.8) is 0 Å². The van der Waals surface area contributed by atoms with Crippen molar-refractivity contribution in [3.8, 4) is 0 Å². The summed E-state index contributed by atoms with van der Waals surface area (Å²) in [6.45, 7) is 4.78. The van der Waals surface area contributed by atoms with Gasteiger partial charge in [0.15, 0.2) is 0 Å². The van der Waals surface area contributed by atoms with E-state index >= 15 is 0 Å². The summed E-state index contributed by atoms with van der Waals surface area (Å²) in [6, 6.07) is 3.83. The fourth-order valence-electron chi connectivity index (χ4n) is 1.91. The molecule has 2 heterocycles. The molecule has 1 aromatic heterocycles. The maximum absolute atomic E-state index is 13.2. The van der Waals surface area contributed by atoms with E-state index in [1.807, 2.05) is 17.0 Å². The number of pyridine rings is 1. The van der Waals surface area contributed by atoms with E-state index in [0.717, 1.165) is 11.4 Å². The van der Waals surface area contributed by atoms with Crippen molar-refractivity contribution >= 4 is 5.69 Å². The highest BCUT2D eigenvalue weighted by Gasteiger charge is 2.31. The standard InChI is InChI=1S/C12H17FN2O/c1-8(2)11-5-9(3-4-14-11)15-6-10(13)12(16)7-15/h3-5,8,10,12,16H,6-7H2,1-2H3. The second-order valence-electron chi connectivity index (χ2n) is 4.58. The van der Waals surface area contributed by atoms with Gasteiger partial charge in [0.2, 0.25) is 0 Å². The summed E-state index contributed by atoms with van der Waals surface area (Å²) in [5.74, 6) is 0.355. The molecule has 0 bridgehead atoms. The Morgan fingerprint density at radius 2 is 2.25 bits per heavy atom. The number of aromatic nitrogens is 1. The maximum Gasteiger partial charge on any atom is 0.145 e. The quantitative estimate of drug-likeness (QED) is 0.831. The van der Waals surface area contributed by atoms with Crippen LogP contribution in [0.5, 0.6) is 0 Å². The second-order valence-corrected chi connectivity index (χ2v) is 4.58. The van der Waals surface area contributed by atoms with Crippen molar-refractivity contribution in [1.29, 1.82) is 0 Å². The molecule has 1 fully saturated rings. The van der Waals surface area contributed by atoms with Crippen molar-refractivity contribution in [3.05, 3.63) is 24.0 Å². The van der Waals surface area contributed by atoms with Gasteiger partial charge in [-0.2, -0.15) is 0 Å². The predicted molar refractivity (Wildman–Crippen MR) is 61.4 cm³/mol. The number of aliphatic hydroxyl groups excluding tert-OH is 1. The Balaban J connectivity index is 2.18. The summed E-state index contributed by atoms with van der Waals surface area (Å²) < 4.78 is 13.2. The lowest BCUT2D eigenvalue weighted by Crippen LogP contribution is -2.21. The van der Waals surface area contributed by atoms with Crippen LogP contribution >= 0.6 is 0 Å². The summed E-state index contributed by atoms with van der Waals surface area (Å²) in [5.41, 5.74) is 1.94. The van der Waals surface area contributed by atoms with Crippen LogP contribution in [0.2, 0.25) is 0 Å². The van der Waals surface area contributed by atoms with Crippen molar-refractivity contribution in [2.24, 2.45) is 0 Å². The summed E-state index contributed by atoms with van der Waals surface area (Å²) in [5, 5.41) is 9.38. The Labute approximate surface area is 94.9 Å². The molecule has 0 spiro atoms. The molecule has 4 heteroatoms. The van der Waals surface area contributed by atoms with Crippen LogP contribution in [0.1, 0.15) is 25.5 Å². The molecule has 2 unspecified atom stereocenters. The smallest absolute Gasteiger partial charge is 0.145 e. The van der Waals surface area contributed by atoms with Crippen LogP contribution in [0.25, 0.3) is 0 Å². The Morgan fingerprint density at radius 3 is 2.81 bits per heavy atom. The molecule has 1 aliphatic rings. The lowest BCUT2D eigenvalue weighted by Gasteiger charge is -2.18. The van der Waals surface area contributed by atoms with E-state index in [4.69, 9.17) is 0 Å². The molecular formula is C12H17FN2O. The molecular weight excluding hydrogens is 207 g/mol. The molecule has 0 saturated carbocycles. The largest absolute Gasteiger partial charge is 0.388 e. The maximum atomic E-state index is 13.2. The minimum Gasteiger partial charge on any atom is -0.388 e. The van der Waals surface area contributed by atoms with E-state index < -0.39 is 12.3 Å². The zero-order valence-corrected chi connectivity index (χ0v) is 9.60. The monoisotopic (exact) mass is 224 g/mol. The molecule has 1 aromatic rings. The van der Waals surface area contributed by atoms with Gasteiger partial charge in [0.25, 0.3) is 0 Å². The van der Waals surface area contributed by atoms with Crippen molar-refractivity contribution in [2.75, 3.05) is 18.0 Å². The van der Waals surface area contributed by atoms with Crippen molar-refractivity contribution < 1.29 is 9.50 Å². The molecule has 88 valence electrons. The Morgan fingerprint density at radius 1 is 1.50 bits per heavy atom. The van der Waals surface area contributed by atoms with Gasteiger partial charge < -0.3 is 10.0 Å². The first-order valence-electron chi connectivity index (χ1n) is 5.61. The number of β-amino-alcohol motifs (C(OH)–C–C–N with tert-alkyl or cyclic N) is 1. The zero-order valence-electron chi connectivity index (χ0n) is 9.60. The van der Waals surface area contributed by atoms with E-state index in [0.29, 0.717) is 12.5 Å². The van der Waals surface area contributed by atoms with Crippen LogP contribution in [0, 0.1) is 0 Å². The molecule has 1 aliphatic heterocycles. The zero-order chi connectivity index (χ0) is 11.7. The lowest BCUT2D eigenvalue weighted by molar-refractivity contribution is 0.118. The molecule has 16 heavy (non-hydrogen) atoms. The fourth-order valence-corrected chi connectivity index (χ4v) is 1.91. The highest BCUT2D eigenvalue weighted by Crippen LogP contribution is 2.24. The summed E-state index contributed by atoms with van der Waals surface area (Å²) >= 11 is 0. The van der Waals surface area contributed by atoms with Gasteiger partial charge in [0.1, 0.15) is 12.3 Å². The molecule has 2 atom stereocenters. The first kappa shape index (κ1) is 11.3. The van der Waals surface area contributed by atoms with Crippen LogP contribution < -0.4 is 4.90 Å². The number of anilines is 1. The predicted octanol–water partition coefficient (Wildman–Crippen LogP) is 1.72. The molecule has 3 nitrogen and oxygen atoms in total. The third-order valence-electron chi connectivity index (χ3n) is 2.94. The Hall–Kier alpha value is -1.16. The minimum absolute atomic E-state index is 0.267. The SMILES string of the molecule is CC(C)c1cc(N2CC(O)C(F)C2)ccn1. The third kappa shape index (κ3) is 2.16. The normalized spacial score (nSPS) is 25.4. The lowest BCUT2D eigenvalue weighted by atomic mass is 10.1. The second kappa shape index (κ2) is 4.37. The molecule has 0 aromatic carbocycles. The number of halogens is 1. The average Bonchev–Trinajstić information content (AvgIpc) is 2.59. The Bertz CT molecular complexity index is 360. The van der Waals surface area contributed by atoms with Gasteiger partial charge >= 0.3 is 0 Å². The molecule has 0 amide bonds. The van der Waals surface area contributed by atoms with E-state index in [1.54, 1.807) is 6.20 Å². The van der Waals surface area contributed by atoms with Crippen LogP contribution in [0.3, 0.4) is 0 Å². The van der Waals surface area contributed by atoms with Crippen molar-refractivity contribution in [1.82, 2.24) is 4.98 Å². The summed E-state index contributed by atoms with van der Waals surface area (Å²) in [7, 11) is 0. The summed E-state index contributed by atoms with van der Waals surface area (Å²) in [6.07, 6.45) is -0.269. The van der Waals surface area contributed by atoms with Crippen LogP contribution in [0.15, 0.2) is 18.3 Å². The first-order chi connectivity index (χ1) is 7.58. The minimum atomic E-state index is -1.14. The fraction of sp³-hybridized carbons (Fsp3) is 0.583. The molecule has 1 saturated heterocycles. The number of rotatable bonds is 2. The highest BCUT2D eigenvalue weighted by atomic mass is 19.1. The topological polar surface area (TPSA) is 36.4 Å². The Kier molecular flexibility index (Phi) is 3.10. The summed E-state index contributed by atoms with van der Waals surface area (Å²) in [4.78, 5) is 6.13. The van der Waals surface area contributed by atoms with E-state index in [9.17, 15) is 9.50 Å². The third-order valence-corrected chi connectivity index (χ3v) is 2.94. The highest BCUT2D eigenvalue weighted by molar-refractivity contribution is 5.48. The molecule has 0 radical (unpaired) electrons. The molecule has 2 rings (SSSR count). The van der Waals surface area contributed by atoms with Crippen molar-refractivity contribution in [2.45, 2.75) is 32.0 Å². The van der Waals surface area contributed by atoms with Gasteiger partial charge in [-0.05, 0) is 18.1 Å². The van der Waals surface area contributed by atoms with Gasteiger partial charge in [-0.25, -0.2) is 4.39 Å². The number of aliphatic hydroxyl groups is 1. The number of nitrogens with zero attached hydrogens (tertiary/aromatic N) is 2. The van der Waals surface area contributed by atoms with Crippen LogP contribution in [-0.4, -0.2) is 35.5 Å². The van der Waals surface area contributed by atoms with Gasteiger partial charge in [0.05, 0.1) is 6.54 Å². The van der Waals surface area contributed by atoms with Gasteiger partial charge in [-0.15, -0.1) is 0 Å². The van der Waals surface area contributed by atoms with Crippen LogP contribution in [0.4, 0.5) is 10.1 Å².